The van der Waals surface area contributed by atoms with Gasteiger partial charge in [0.2, 0.25) is 0 Å². The maximum absolute atomic E-state index is 3.62. The Kier molecular flexibility index (Phi) is 4.86. The van der Waals surface area contributed by atoms with E-state index >= 15 is 0 Å². The summed E-state index contributed by atoms with van der Waals surface area (Å²) >= 11 is 0. The average Bonchev–Trinajstić information content (AvgIpc) is 2.02. The molecule has 1 aliphatic rings. The third kappa shape index (κ3) is 4.29. The standard InChI is InChI=1S/C10H21N3/c1-3-11-5-7-13(2)6-4-10-8-12-9-10/h3,10-12H,1,4-9H2,2H3. The van der Waals surface area contributed by atoms with Crippen LogP contribution in [0.1, 0.15) is 6.42 Å². The molecule has 1 saturated heterocycles. The first-order chi connectivity index (χ1) is 6.33. The molecule has 0 atom stereocenters. The molecular formula is C10H21N3. The summed E-state index contributed by atoms with van der Waals surface area (Å²) in [5.41, 5.74) is 0. The van der Waals surface area contributed by atoms with E-state index in [0.29, 0.717) is 0 Å². The highest BCUT2D eigenvalue weighted by Gasteiger charge is 2.16. The maximum Gasteiger partial charge on any atom is 0.0269 e. The molecule has 0 radical (unpaired) electrons. The molecule has 0 saturated carbocycles. The Morgan fingerprint density at radius 2 is 2.31 bits per heavy atom. The van der Waals surface area contributed by atoms with Crippen LogP contribution in [0.4, 0.5) is 0 Å². The first-order valence-electron chi connectivity index (χ1n) is 5.06. The van der Waals surface area contributed by atoms with Gasteiger partial charge in [0.15, 0.2) is 0 Å². The summed E-state index contributed by atoms with van der Waals surface area (Å²) in [6, 6.07) is 0. The normalized spacial score (nSPS) is 17.1. The molecule has 0 spiro atoms. The van der Waals surface area contributed by atoms with Crippen LogP contribution in [-0.2, 0) is 0 Å². The molecule has 0 aromatic carbocycles. The van der Waals surface area contributed by atoms with Crippen molar-refractivity contribution in [1.82, 2.24) is 15.5 Å². The zero-order chi connectivity index (χ0) is 9.52. The molecule has 0 aromatic heterocycles. The van der Waals surface area contributed by atoms with Gasteiger partial charge in [0.05, 0.1) is 0 Å². The summed E-state index contributed by atoms with van der Waals surface area (Å²) in [6.07, 6.45) is 3.08. The molecule has 1 heterocycles. The zero-order valence-electron chi connectivity index (χ0n) is 8.55. The molecule has 0 unspecified atom stereocenters. The Bertz CT molecular complexity index is 143. The van der Waals surface area contributed by atoms with Crippen molar-refractivity contribution in [3.63, 3.8) is 0 Å². The average molecular weight is 183 g/mol. The quantitative estimate of drug-likeness (QED) is 0.554. The second-order valence-electron chi connectivity index (χ2n) is 3.77. The first-order valence-corrected chi connectivity index (χ1v) is 5.06. The largest absolute Gasteiger partial charge is 0.390 e. The van der Waals surface area contributed by atoms with Crippen molar-refractivity contribution < 1.29 is 0 Å². The van der Waals surface area contributed by atoms with Crippen molar-refractivity contribution in [3.05, 3.63) is 12.8 Å². The lowest BCUT2D eigenvalue weighted by molar-refractivity contribution is 0.258. The molecule has 3 nitrogen and oxygen atoms in total. The van der Waals surface area contributed by atoms with Crippen molar-refractivity contribution in [3.8, 4) is 0 Å². The van der Waals surface area contributed by atoms with Crippen LogP contribution in [0.25, 0.3) is 0 Å². The fourth-order valence-corrected chi connectivity index (χ4v) is 1.42. The minimum absolute atomic E-state index is 0.926. The smallest absolute Gasteiger partial charge is 0.0269 e. The Morgan fingerprint density at radius 3 is 2.85 bits per heavy atom. The molecule has 0 aromatic rings. The number of nitrogens with zero attached hydrogens (tertiary/aromatic N) is 1. The van der Waals surface area contributed by atoms with Crippen LogP contribution in [-0.4, -0.2) is 44.7 Å². The van der Waals surface area contributed by atoms with Crippen LogP contribution in [0.2, 0.25) is 0 Å². The van der Waals surface area contributed by atoms with Gasteiger partial charge in [0.25, 0.3) is 0 Å². The van der Waals surface area contributed by atoms with E-state index in [0.717, 1.165) is 19.0 Å². The molecule has 2 N–H and O–H groups in total. The molecule has 1 fully saturated rings. The van der Waals surface area contributed by atoms with Gasteiger partial charge in [-0.3, -0.25) is 0 Å². The van der Waals surface area contributed by atoms with Crippen LogP contribution in [0.3, 0.4) is 0 Å². The van der Waals surface area contributed by atoms with E-state index < -0.39 is 0 Å². The molecule has 3 heteroatoms. The number of likely N-dealkylation sites (N-methyl/N-ethyl adjacent to an activating group) is 1. The molecule has 0 amide bonds. The van der Waals surface area contributed by atoms with Gasteiger partial charge >= 0.3 is 0 Å². The monoisotopic (exact) mass is 183 g/mol. The van der Waals surface area contributed by atoms with Crippen molar-refractivity contribution >= 4 is 0 Å². The van der Waals surface area contributed by atoms with E-state index in [1.807, 2.05) is 0 Å². The number of nitrogens with one attached hydrogen (secondary N) is 2. The second kappa shape index (κ2) is 6.00. The molecule has 0 aliphatic carbocycles. The summed E-state index contributed by atoms with van der Waals surface area (Å²) in [5.74, 6) is 0.926. The minimum Gasteiger partial charge on any atom is -0.390 e. The summed E-state index contributed by atoms with van der Waals surface area (Å²) in [6.45, 7) is 9.38. The molecule has 1 aliphatic heterocycles. The highest BCUT2D eigenvalue weighted by atomic mass is 15.1. The Morgan fingerprint density at radius 1 is 1.54 bits per heavy atom. The van der Waals surface area contributed by atoms with E-state index in [1.54, 1.807) is 6.20 Å². The van der Waals surface area contributed by atoms with E-state index in [1.165, 1.54) is 26.1 Å². The number of hydrogen-bond donors (Lipinski definition) is 2. The van der Waals surface area contributed by atoms with Crippen molar-refractivity contribution in [2.24, 2.45) is 5.92 Å². The van der Waals surface area contributed by atoms with Gasteiger partial charge in [-0.15, -0.1) is 0 Å². The Balaban J connectivity index is 1.90. The van der Waals surface area contributed by atoms with Crippen LogP contribution in [0.15, 0.2) is 12.8 Å². The highest BCUT2D eigenvalue weighted by molar-refractivity contribution is 4.75. The van der Waals surface area contributed by atoms with E-state index in [-0.39, 0.29) is 0 Å². The first kappa shape index (κ1) is 10.5. The van der Waals surface area contributed by atoms with Gasteiger partial charge in [-0.25, -0.2) is 0 Å². The van der Waals surface area contributed by atoms with Gasteiger partial charge in [-0.2, -0.15) is 0 Å². The van der Waals surface area contributed by atoms with Crippen LogP contribution in [0, 0.1) is 5.92 Å². The zero-order valence-corrected chi connectivity index (χ0v) is 8.55. The minimum atomic E-state index is 0.926. The van der Waals surface area contributed by atoms with Crippen LogP contribution < -0.4 is 10.6 Å². The SMILES string of the molecule is C=CNCCN(C)CCC1CNC1. The molecule has 13 heavy (non-hydrogen) atoms. The Hall–Kier alpha value is -0.540. The van der Waals surface area contributed by atoms with Gasteiger partial charge < -0.3 is 15.5 Å². The van der Waals surface area contributed by atoms with Gasteiger partial charge in [0, 0.05) is 13.1 Å². The van der Waals surface area contributed by atoms with Crippen molar-refractivity contribution in [1.29, 1.82) is 0 Å². The summed E-state index contributed by atoms with van der Waals surface area (Å²) < 4.78 is 0. The molecule has 1 rings (SSSR count). The maximum atomic E-state index is 3.62. The lowest BCUT2D eigenvalue weighted by Crippen LogP contribution is -2.43. The van der Waals surface area contributed by atoms with E-state index in [4.69, 9.17) is 0 Å². The van der Waals surface area contributed by atoms with Gasteiger partial charge in [-0.05, 0) is 45.2 Å². The molecular weight excluding hydrogens is 162 g/mol. The Labute approximate surface area is 81.2 Å². The predicted molar refractivity (Wildman–Crippen MR) is 56.7 cm³/mol. The predicted octanol–water partition coefficient (Wildman–Crippen LogP) is 0.261. The topological polar surface area (TPSA) is 27.3 Å². The third-order valence-corrected chi connectivity index (χ3v) is 2.57. The van der Waals surface area contributed by atoms with Crippen molar-refractivity contribution in [2.75, 3.05) is 39.8 Å². The van der Waals surface area contributed by atoms with Crippen LogP contribution >= 0.6 is 0 Å². The van der Waals surface area contributed by atoms with Crippen molar-refractivity contribution in [2.45, 2.75) is 6.42 Å². The van der Waals surface area contributed by atoms with E-state index in [9.17, 15) is 0 Å². The highest BCUT2D eigenvalue weighted by Crippen LogP contribution is 2.07. The third-order valence-electron chi connectivity index (χ3n) is 2.57. The lowest BCUT2D eigenvalue weighted by Gasteiger charge is -2.28. The fourth-order valence-electron chi connectivity index (χ4n) is 1.42. The van der Waals surface area contributed by atoms with Gasteiger partial charge in [-0.1, -0.05) is 6.58 Å². The molecule has 0 bridgehead atoms. The summed E-state index contributed by atoms with van der Waals surface area (Å²) in [4.78, 5) is 2.37. The lowest BCUT2D eigenvalue weighted by atomic mass is 9.99. The number of hydrogen-bond acceptors (Lipinski definition) is 3. The molecule has 76 valence electrons. The fraction of sp³-hybridized carbons (Fsp3) is 0.800. The summed E-state index contributed by atoms with van der Waals surface area (Å²) in [7, 11) is 2.18. The second-order valence-corrected chi connectivity index (χ2v) is 3.77. The summed E-state index contributed by atoms with van der Waals surface area (Å²) in [5, 5.41) is 6.40. The van der Waals surface area contributed by atoms with E-state index in [2.05, 4.69) is 29.2 Å². The van der Waals surface area contributed by atoms with Crippen LogP contribution in [0.5, 0.6) is 0 Å². The van der Waals surface area contributed by atoms with Gasteiger partial charge in [0.1, 0.15) is 0 Å². The number of rotatable bonds is 7.